The number of nitrogens with two attached hydrogens (primary N) is 1. The number of hydrogen-bond donors (Lipinski definition) is 1. The summed E-state index contributed by atoms with van der Waals surface area (Å²) in [5.74, 6) is -0.267. The van der Waals surface area contributed by atoms with Crippen LogP contribution in [-0.2, 0) is 22.6 Å². The highest BCUT2D eigenvalue weighted by atomic mass is 32.1. The van der Waals surface area contributed by atoms with E-state index >= 15 is 0 Å². The summed E-state index contributed by atoms with van der Waals surface area (Å²) in [5.41, 5.74) is 8.16. The van der Waals surface area contributed by atoms with Crippen LogP contribution >= 0.6 is 11.3 Å². The van der Waals surface area contributed by atoms with E-state index in [1.54, 1.807) is 23.5 Å². The molecule has 2 aromatic rings. The zero-order valence-corrected chi connectivity index (χ0v) is 11.8. The van der Waals surface area contributed by atoms with Crippen molar-refractivity contribution in [3.8, 4) is 0 Å². The van der Waals surface area contributed by atoms with Crippen LogP contribution in [0.4, 0.5) is 5.69 Å². The third-order valence-electron chi connectivity index (χ3n) is 2.73. The number of thiazole rings is 1. The van der Waals surface area contributed by atoms with Crippen molar-refractivity contribution in [2.24, 2.45) is 0 Å². The molecular weight excluding hydrogens is 260 g/mol. The standard InChI is InChI=1S/C14H16N2O2S/c1-9-10(2)19-13(16-9)8-18-14(17)7-11-4-3-5-12(15)6-11/h3-6H,7-8,15H2,1-2H3. The van der Waals surface area contributed by atoms with Crippen LogP contribution in [-0.4, -0.2) is 11.0 Å². The zero-order valence-electron chi connectivity index (χ0n) is 11.0. The monoisotopic (exact) mass is 276 g/mol. The summed E-state index contributed by atoms with van der Waals surface area (Å²) in [7, 11) is 0. The normalized spacial score (nSPS) is 10.4. The van der Waals surface area contributed by atoms with Crippen molar-refractivity contribution in [1.82, 2.24) is 4.98 Å². The predicted molar refractivity (Wildman–Crippen MR) is 75.9 cm³/mol. The van der Waals surface area contributed by atoms with E-state index in [1.165, 1.54) is 0 Å². The molecule has 1 heterocycles. The molecule has 2 N–H and O–H groups in total. The molecule has 0 fully saturated rings. The number of nitrogens with zero attached hydrogens (tertiary/aromatic N) is 1. The summed E-state index contributed by atoms with van der Waals surface area (Å²) in [5, 5.41) is 0.830. The highest BCUT2D eigenvalue weighted by Crippen LogP contribution is 2.17. The molecule has 0 aliphatic rings. The SMILES string of the molecule is Cc1nc(COC(=O)Cc2cccc(N)c2)sc1C. The van der Waals surface area contributed by atoms with Crippen LogP contribution in [0.15, 0.2) is 24.3 Å². The van der Waals surface area contributed by atoms with Gasteiger partial charge in [0.25, 0.3) is 0 Å². The molecule has 0 saturated carbocycles. The molecule has 0 bridgehead atoms. The molecule has 2 rings (SSSR count). The summed E-state index contributed by atoms with van der Waals surface area (Å²) in [6.45, 7) is 4.19. The highest BCUT2D eigenvalue weighted by molar-refractivity contribution is 7.11. The lowest BCUT2D eigenvalue weighted by Crippen LogP contribution is -2.08. The van der Waals surface area contributed by atoms with E-state index in [0.717, 1.165) is 21.1 Å². The average molecular weight is 276 g/mol. The van der Waals surface area contributed by atoms with Gasteiger partial charge >= 0.3 is 5.97 Å². The van der Waals surface area contributed by atoms with Gasteiger partial charge in [-0.1, -0.05) is 12.1 Å². The maximum absolute atomic E-state index is 11.7. The van der Waals surface area contributed by atoms with E-state index in [0.29, 0.717) is 5.69 Å². The van der Waals surface area contributed by atoms with Crippen LogP contribution in [0.2, 0.25) is 0 Å². The number of esters is 1. The van der Waals surface area contributed by atoms with Gasteiger partial charge in [0.15, 0.2) is 0 Å². The second-order valence-corrected chi connectivity index (χ2v) is 5.62. The van der Waals surface area contributed by atoms with Crippen LogP contribution < -0.4 is 5.73 Å². The van der Waals surface area contributed by atoms with Crippen molar-refractivity contribution >= 4 is 23.0 Å². The third kappa shape index (κ3) is 3.79. The van der Waals surface area contributed by atoms with Gasteiger partial charge in [0.05, 0.1) is 12.1 Å². The van der Waals surface area contributed by atoms with Gasteiger partial charge in [0.1, 0.15) is 11.6 Å². The maximum atomic E-state index is 11.7. The molecule has 0 amide bonds. The van der Waals surface area contributed by atoms with E-state index in [2.05, 4.69) is 4.98 Å². The Morgan fingerprint density at radius 3 is 2.84 bits per heavy atom. The molecule has 4 nitrogen and oxygen atoms in total. The number of benzene rings is 1. The average Bonchev–Trinajstić information content (AvgIpc) is 2.66. The van der Waals surface area contributed by atoms with E-state index in [-0.39, 0.29) is 19.0 Å². The second-order valence-electron chi connectivity index (χ2n) is 4.33. The topological polar surface area (TPSA) is 65.2 Å². The van der Waals surface area contributed by atoms with Crippen LogP contribution in [0.5, 0.6) is 0 Å². The third-order valence-corrected chi connectivity index (χ3v) is 3.78. The molecule has 0 aliphatic carbocycles. The van der Waals surface area contributed by atoms with Crippen molar-refractivity contribution in [2.75, 3.05) is 5.73 Å². The molecular formula is C14H16N2O2S. The van der Waals surface area contributed by atoms with E-state index in [4.69, 9.17) is 10.5 Å². The minimum Gasteiger partial charge on any atom is -0.458 e. The number of anilines is 1. The summed E-state index contributed by atoms with van der Waals surface area (Å²) in [4.78, 5) is 17.2. The Hall–Kier alpha value is -1.88. The van der Waals surface area contributed by atoms with Crippen molar-refractivity contribution < 1.29 is 9.53 Å². The van der Waals surface area contributed by atoms with Crippen LogP contribution in [0, 0.1) is 13.8 Å². The largest absolute Gasteiger partial charge is 0.458 e. The molecule has 100 valence electrons. The Morgan fingerprint density at radius 2 is 2.21 bits per heavy atom. The van der Waals surface area contributed by atoms with Crippen molar-refractivity contribution in [3.63, 3.8) is 0 Å². The fourth-order valence-corrected chi connectivity index (χ4v) is 2.51. The molecule has 0 radical (unpaired) electrons. The summed E-state index contributed by atoms with van der Waals surface area (Å²) >= 11 is 1.56. The van der Waals surface area contributed by atoms with Gasteiger partial charge in [0, 0.05) is 10.6 Å². The minimum absolute atomic E-state index is 0.231. The van der Waals surface area contributed by atoms with Gasteiger partial charge in [-0.15, -0.1) is 11.3 Å². The zero-order chi connectivity index (χ0) is 13.8. The van der Waals surface area contributed by atoms with Crippen LogP contribution in [0.25, 0.3) is 0 Å². The predicted octanol–water partition coefficient (Wildman–Crippen LogP) is 2.63. The Bertz CT molecular complexity index is 573. The van der Waals surface area contributed by atoms with E-state index in [1.807, 2.05) is 26.0 Å². The molecule has 0 saturated heterocycles. The number of ether oxygens (including phenoxy) is 1. The number of nitrogen functional groups attached to an aromatic ring is 1. The Kier molecular flexibility index (Phi) is 4.16. The first kappa shape index (κ1) is 13.5. The Labute approximate surface area is 116 Å². The minimum atomic E-state index is -0.267. The molecule has 5 heteroatoms. The maximum Gasteiger partial charge on any atom is 0.310 e. The first-order valence-electron chi connectivity index (χ1n) is 5.97. The number of aryl methyl sites for hydroxylation is 2. The van der Waals surface area contributed by atoms with Gasteiger partial charge in [-0.25, -0.2) is 4.98 Å². The lowest BCUT2D eigenvalue weighted by molar-refractivity contribution is -0.144. The van der Waals surface area contributed by atoms with E-state index in [9.17, 15) is 4.79 Å². The highest BCUT2D eigenvalue weighted by Gasteiger charge is 2.08. The van der Waals surface area contributed by atoms with Crippen molar-refractivity contribution in [1.29, 1.82) is 0 Å². The summed E-state index contributed by atoms with van der Waals surface area (Å²) in [6.07, 6.45) is 0.231. The number of rotatable bonds is 4. The van der Waals surface area contributed by atoms with Gasteiger partial charge in [0.2, 0.25) is 0 Å². The van der Waals surface area contributed by atoms with Crippen LogP contribution in [0.3, 0.4) is 0 Å². The molecule has 0 spiro atoms. The van der Waals surface area contributed by atoms with Gasteiger partial charge in [-0.2, -0.15) is 0 Å². The quantitative estimate of drug-likeness (QED) is 0.688. The Morgan fingerprint density at radius 1 is 1.42 bits per heavy atom. The number of aromatic nitrogens is 1. The van der Waals surface area contributed by atoms with Gasteiger partial charge in [-0.05, 0) is 31.5 Å². The number of carbonyl (C=O) groups excluding carboxylic acids is 1. The molecule has 0 atom stereocenters. The lowest BCUT2D eigenvalue weighted by atomic mass is 10.1. The second kappa shape index (κ2) is 5.84. The summed E-state index contributed by atoms with van der Waals surface area (Å²) < 4.78 is 5.21. The van der Waals surface area contributed by atoms with Crippen molar-refractivity contribution in [2.45, 2.75) is 26.9 Å². The Balaban J connectivity index is 1.88. The lowest BCUT2D eigenvalue weighted by Gasteiger charge is -2.03. The number of carbonyl (C=O) groups is 1. The van der Waals surface area contributed by atoms with Crippen LogP contribution in [0.1, 0.15) is 21.1 Å². The number of hydrogen-bond acceptors (Lipinski definition) is 5. The molecule has 0 aliphatic heterocycles. The first-order chi connectivity index (χ1) is 9.04. The van der Waals surface area contributed by atoms with Gasteiger partial charge < -0.3 is 10.5 Å². The molecule has 1 aromatic carbocycles. The summed E-state index contributed by atoms with van der Waals surface area (Å²) in [6, 6.07) is 7.25. The fraction of sp³-hybridized carbons (Fsp3) is 0.286. The molecule has 19 heavy (non-hydrogen) atoms. The molecule has 0 unspecified atom stereocenters. The van der Waals surface area contributed by atoms with E-state index < -0.39 is 0 Å². The van der Waals surface area contributed by atoms with Crippen molar-refractivity contribution in [3.05, 3.63) is 45.4 Å². The van der Waals surface area contributed by atoms with Gasteiger partial charge in [-0.3, -0.25) is 4.79 Å². The smallest absolute Gasteiger partial charge is 0.310 e. The fourth-order valence-electron chi connectivity index (χ4n) is 1.66. The molecule has 1 aromatic heterocycles. The first-order valence-corrected chi connectivity index (χ1v) is 6.79.